The molecule has 0 spiro atoms. The number of hydrogen-bond donors (Lipinski definition) is 2. The second-order valence-electron chi connectivity index (χ2n) is 6.56. The fourth-order valence-corrected chi connectivity index (χ4v) is 3.11. The highest BCUT2D eigenvalue weighted by molar-refractivity contribution is 5.78. The number of ether oxygens (including phenoxy) is 1. The first-order valence-electron chi connectivity index (χ1n) is 9.31. The average molecular weight is 388 g/mol. The lowest BCUT2D eigenvalue weighted by Gasteiger charge is -2.31. The van der Waals surface area contributed by atoms with E-state index in [2.05, 4.69) is 15.3 Å². The molecule has 0 aliphatic carbocycles. The molecule has 1 fully saturated rings. The lowest BCUT2D eigenvalue weighted by atomic mass is 10.1. The maximum absolute atomic E-state index is 14.3. The summed E-state index contributed by atoms with van der Waals surface area (Å²) in [6.07, 6.45) is 6.09. The third-order valence-electron chi connectivity index (χ3n) is 4.60. The number of aromatic nitrogens is 2. The molecule has 1 amide bonds. The number of carbonyl (C=O) groups is 1. The summed E-state index contributed by atoms with van der Waals surface area (Å²) in [6.45, 7) is 3.68. The Bertz CT molecular complexity index is 816. The molecule has 2 aromatic rings. The van der Waals surface area contributed by atoms with Gasteiger partial charge in [-0.2, -0.15) is 0 Å². The van der Waals surface area contributed by atoms with Gasteiger partial charge in [0.2, 0.25) is 0 Å². The topological polar surface area (TPSA) is 97.8 Å². The number of guanidine groups is 1. The van der Waals surface area contributed by atoms with Crippen LogP contribution >= 0.6 is 0 Å². The summed E-state index contributed by atoms with van der Waals surface area (Å²) in [5.74, 6) is -0.0303. The minimum atomic E-state index is -0.344. The first kappa shape index (κ1) is 19.7. The highest BCUT2D eigenvalue weighted by Gasteiger charge is 2.23. The molecule has 28 heavy (non-hydrogen) atoms. The number of amides is 1. The predicted octanol–water partition coefficient (Wildman–Crippen LogP) is 2.04. The van der Waals surface area contributed by atoms with Crippen LogP contribution in [-0.4, -0.2) is 52.2 Å². The van der Waals surface area contributed by atoms with Crippen molar-refractivity contribution in [1.82, 2.24) is 19.8 Å². The van der Waals surface area contributed by atoms with Crippen molar-refractivity contribution in [3.8, 4) is 5.69 Å². The van der Waals surface area contributed by atoms with Gasteiger partial charge in [0.25, 0.3) is 0 Å². The van der Waals surface area contributed by atoms with Crippen LogP contribution in [0.15, 0.2) is 41.9 Å². The van der Waals surface area contributed by atoms with Gasteiger partial charge in [-0.15, -0.1) is 0 Å². The van der Waals surface area contributed by atoms with Crippen molar-refractivity contribution in [2.24, 2.45) is 10.7 Å². The van der Waals surface area contributed by atoms with E-state index in [9.17, 15) is 9.18 Å². The van der Waals surface area contributed by atoms with Gasteiger partial charge in [-0.05, 0) is 37.5 Å². The first-order valence-corrected chi connectivity index (χ1v) is 9.31. The Morgan fingerprint density at radius 1 is 1.43 bits per heavy atom. The predicted molar refractivity (Wildman–Crippen MR) is 104 cm³/mol. The van der Waals surface area contributed by atoms with Crippen molar-refractivity contribution in [2.75, 3.05) is 19.7 Å². The number of imidazole rings is 1. The number of benzene rings is 1. The van der Waals surface area contributed by atoms with Crippen LogP contribution < -0.4 is 11.1 Å². The number of nitrogens with two attached hydrogens (primary N) is 1. The molecule has 1 aliphatic rings. The summed E-state index contributed by atoms with van der Waals surface area (Å²) in [5, 5.41) is 3.17. The first-order chi connectivity index (χ1) is 13.6. The van der Waals surface area contributed by atoms with Gasteiger partial charge < -0.3 is 25.3 Å². The smallest absolute Gasteiger partial charge is 0.409 e. The highest BCUT2D eigenvalue weighted by atomic mass is 19.1. The molecule has 1 aromatic carbocycles. The zero-order chi connectivity index (χ0) is 19.9. The van der Waals surface area contributed by atoms with Crippen LogP contribution in [0.2, 0.25) is 0 Å². The maximum atomic E-state index is 14.3. The minimum absolute atomic E-state index is 0.148. The SMILES string of the molecule is CCOC(=O)N1CCC(NC(N)=NCc2ccc(-n3ccnc3)c(F)c2)CC1. The molecule has 1 saturated heterocycles. The Labute approximate surface area is 163 Å². The molecule has 0 saturated carbocycles. The molecule has 1 aliphatic heterocycles. The second kappa shape index (κ2) is 9.20. The van der Waals surface area contributed by atoms with Crippen molar-refractivity contribution in [2.45, 2.75) is 32.4 Å². The third-order valence-corrected chi connectivity index (χ3v) is 4.60. The maximum Gasteiger partial charge on any atom is 0.409 e. The van der Waals surface area contributed by atoms with E-state index in [0.717, 1.165) is 18.4 Å². The number of halogens is 1. The molecular weight excluding hydrogens is 363 g/mol. The molecule has 0 atom stereocenters. The summed E-state index contributed by atoms with van der Waals surface area (Å²) in [4.78, 5) is 21.6. The van der Waals surface area contributed by atoms with Crippen LogP contribution in [0.25, 0.3) is 5.69 Å². The van der Waals surface area contributed by atoms with Gasteiger partial charge in [0.1, 0.15) is 5.82 Å². The van der Waals surface area contributed by atoms with Crippen molar-refractivity contribution in [1.29, 1.82) is 0 Å². The quantitative estimate of drug-likeness (QED) is 0.603. The van der Waals surface area contributed by atoms with Gasteiger partial charge >= 0.3 is 6.09 Å². The van der Waals surface area contributed by atoms with Crippen LogP contribution in [-0.2, 0) is 11.3 Å². The van der Waals surface area contributed by atoms with E-state index >= 15 is 0 Å². The molecule has 3 N–H and O–H groups in total. The molecule has 9 heteroatoms. The number of carbonyl (C=O) groups excluding carboxylic acids is 1. The van der Waals surface area contributed by atoms with Gasteiger partial charge in [-0.3, -0.25) is 0 Å². The van der Waals surface area contributed by atoms with Gasteiger partial charge in [0.15, 0.2) is 5.96 Å². The Hall–Kier alpha value is -3.10. The van der Waals surface area contributed by atoms with Crippen molar-refractivity contribution < 1.29 is 13.9 Å². The molecule has 150 valence electrons. The normalized spacial score (nSPS) is 15.5. The highest BCUT2D eigenvalue weighted by Crippen LogP contribution is 2.16. The Balaban J connectivity index is 1.50. The lowest BCUT2D eigenvalue weighted by molar-refractivity contribution is 0.0963. The Morgan fingerprint density at radius 2 is 2.21 bits per heavy atom. The average Bonchev–Trinajstić information content (AvgIpc) is 3.22. The zero-order valence-electron chi connectivity index (χ0n) is 15.8. The monoisotopic (exact) mass is 388 g/mol. The molecule has 3 rings (SSSR count). The second-order valence-corrected chi connectivity index (χ2v) is 6.56. The zero-order valence-corrected chi connectivity index (χ0v) is 15.8. The van der Waals surface area contributed by atoms with E-state index in [1.807, 2.05) is 6.07 Å². The minimum Gasteiger partial charge on any atom is -0.450 e. The van der Waals surface area contributed by atoms with E-state index in [4.69, 9.17) is 10.5 Å². The molecule has 2 heterocycles. The number of likely N-dealkylation sites (tertiary alicyclic amines) is 1. The van der Waals surface area contributed by atoms with Gasteiger partial charge in [-0.25, -0.2) is 19.2 Å². The molecule has 0 radical (unpaired) electrons. The summed E-state index contributed by atoms with van der Waals surface area (Å²) in [5.41, 5.74) is 7.13. The molecule has 8 nitrogen and oxygen atoms in total. The summed E-state index contributed by atoms with van der Waals surface area (Å²) in [7, 11) is 0. The van der Waals surface area contributed by atoms with Crippen LogP contribution in [0.4, 0.5) is 9.18 Å². The van der Waals surface area contributed by atoms with Crippen molar-refractivity contribution in [3.63, 3.8) is 0 Å². The van der Waals surface area contributed by atoms with E-state index in [0.29, 0.717) is 31.3 Å². The molecule has 0 unspecified atom stereocenters. The Kier molecular flexibility index (Phi) is 6.46. The summed E-state index contributed by atoms with van der Waals surface area (Å²) >= 11 is 0. The van der Waals surface area contributed by atoms with Crippen molar-refractivity contribution in [3.05, 3.63) is 48.3 Å². The van der Waals surface area contributed by atoms with E-state index in [1.165, 1.54) is 6.07 Å². The van der Waals surface area contributed by atoms with E-state index < -0.39 is 0 Å². The molecule has 0 bridgehead atoms. The fraction of sp³-hybridized carbons (Fsp3) is 0.421. The third kappa shape index (κ3) is 4.99. The number of hydrogen-bond acceptors (Lipinski definition) is 4. The summed E-state index contributed by atoms with van der Waals surface area (Å²) < 4.78 is 20.9. The van der Waals surface area contributed by atoms with Gasteiger partial charge in [-0.1, -0.05) is 6.07 Å². The number of rotatable bonds is 5. The summed E-state index contributed by atoms with van der Waals surface area (Å²) in [6, 6.07) is 5.10. The van der Waals surface area contributed by atoms with Crippen LogP contribution in [0.5, 0.6) is 0 Å². The van der Waals surface area contributed by atoms with Gasteiger partial charge in [0, 0.05) is 31.5 Å². The number of aliphatic imine (C=N–C) groups is 1. The molecular formula is C19H25FN6O2. The van der Waals surface area contributed by atoms with Crippen LogP contribution in [0.1, 0.15) is 25.3 Å². The largest absolute Gasteiger partial charge is 0.450 e. The van der Waals surface area contributed by atoms with Gasteiger partial charge in [0.05, 0.1) is 25.2 Å². The number of nitrogens with zero attached hydrogens (tertiary/aromatic N) is 4. The van der Waals surface area contributed by atoms with E-state index in [-0.39, 0.29) is 24.5 Å². The van der Waals surface area contributed by atoms with Crippen LogP contribution in [0.3, 0.4) is 0 Å². The number of nitrogens with one attached hydrogen (secondary N) is 1. The van der Waals surface area contributed by atoms with E-state index in [1.54, 1.807) is 41.2 Å². The Morgan fingerprint density at radius 3 is 2.86 bits per heavy atom. The number of piperidine rings is 1. The standard InChI is InChI=1S/C19H25FN6O2/c1-2-28-19(27)25-8-5-15(6-9-25)24-18(21)23-12-14-3-4-17(16(20)11-14)26-10-7-22-13-26/h3-4,7,10-11,13,15H,2,5-6,8-9,12H2,1H3,(H3,21,23,24). The van der Waals surface area contributed by atoms with Crippen LogP contribution in [0, 0.1) is 5.82 Å². The molecule has 1 aromatic heterocycles. The lowest BCUT2D eigenvalue weighted by Crippen LogP contribution is -2.48. The van der Waals surface area contributed by atoms with Crippen molar-refractivity contribution >= 4 is 12.1 Å². The fourth-order valence-electron chi connectivity index (χ4n) is 3.11.